The summed E-state index contributed by atoms with van der Waals surface area (Å²) >= 11 is 1.83. The standard InChI is InChI=1S/C22H28OS/c1-4-6-16-22(3,5-2)17-24-20-15-11-10-14-19(20)21(23)18-12-8-7-9-13-18/h7-15H,4-6,16-17H2,1-3H3. The van der Waals surface area contributed by atoms with E-state index in [-0.39, 0.29) is 5.78 Å². The smallest absolute Gasteiger partial charge is 0.194 e. The third-order valence-electron chi connectivity index (χ3n) is 4.73. The summed E-state index contributed by atoms with van der Waals surface area (Å²) < 4.78 is 0. The van der Waals surface area contributed by atoms with Crippen LogP contribution in [0.25, 0.3) is 0 Å². The summed E-state index contributed by atoms with van der Waals surface area (Å²) in [5.41, 5.74) is 1.92. The van der Waals surface area contributed by atoms with Gasteiger partial charge in [-0.3, -0.25) is 4.79 Å². The predicted molar refractivity (Wildman–Crippen MR) is 105 cm³/mol. The monoisotopic (exact) mass is 340 g/mol. The Hall–Kier alpha value is -1.54. The van der Waals surface area contributed by atoms with Gasteiger partial charge >= 0.3 is 0 Å². The lowest BCUT2D eigenvalue weighted by Crippen LogP contribution is -2.18. The summed E-state index contributed by atoms with van der Waals surface area (Å²) in [6.07, 6.45) is 4.94. The van der Waals surface area contributed by atoms with Crippen molar-refractivity contribution >= 4 is 17.5 Å². The fraction of sp³-hybridized carbons (Fsp3) is 0.409. The van der Waals surface area contributed by atoms with Crippen molar-refractivity contribution in [2.24, 2.45) is 5.41 Å². The summed E-state index contributed by atoms with van der Waals surface area (Å²) in [5, 5.41) is 0. The van der Waals surface area contributed by atoms with Crippen molar-refractivity contribution in [1.29, 1.82) is 0 Å². The summed E-state index contributed by atoms with van der Waals surface area (Å²) in [4.78, 5) is 13.9. The molecule has 0 heterocycles. The number of thioether (sulfide) groups is 1. The number of hydrogen-bond donors (Lipinski definition) is 0. The van der Waals surface area contributed by atoms with Crippen LogP contribution in [0, 0.1) is 5.41 Å². The first-order valence-electron chi connectivity index (χ1n) is 8.91. The van der Waals surface area contributed by atoms with E-state index in [1.165, 1.54) is 25.7 Å². The number of hydrogen-bond acceptors (Lipinski definition) is 2. The van der Waals surface area contributed by atoms with Crippen LogP contribution in [0.2, 0.25) is 0 Å². The lowest BCUT2D eigenvalue weighted by atomic mass is 9.84. The zero-order valence-electron chi connectivity index (χ0n) is 15.0. The second-order valence-electron chi connectivity index (χ2n) is 6.75. The van der Waals surface area contributed by atoms with Gasteiger partial charge in [-0.25, -0.2) is 0 Å². The van der Waals surface area contributed by atoms with Crippen molar-refractivity contribution in [3.63, 3.8) is 0 Å². The Labute approximate surface area is 150 Å². The van der Waals surface area contributed by atoms with Gasteiger partial charge in [0, 0.05) is 21.8 Å². The molecule has 0 saturated carbocycles. The fourth-order valence-corrected chi connectivity index (χ4v) is 4.08. The molecular weight excluding hydrogens is 312 g/mol. The van der Waals surface area contributed by atoms with E-state index in [1.54, 1.807) is 0 Å². The molecule has 2 heteroatoms. The molecular formula is C22H28OS. The highest BCUT2D eigenvalue weighted by atomic mass is 32.2. The van der Waals surface area contributed by atoms with Crippen LogP contribution in [-0.4, -0.2) is 11.5 Å². The molecule has 1 atom stereocenters. The molecule has 0 bridgehead atoms. The Morgan fingerprint density at radius 3 is 2.33 bits per heavy atom. The molecule has 128 valence electrons. The molecule has 24 heavy (non-hydrogen) atoms. The van der Waals surface area contributed by atoms with E-state index in [1.807, 2.05) is 60.3 Å². The molecule has 0 N–H and O–H groups in total. The number of rotatable bonds is 9. The predicted octanol–water partition coefficient (Wildman–Crippen LogP) is 6.62. The average molecular weight is 341 g/mol. The second-order valence-corrected chi connectivity index (χ2v) is 7.76. The van der Waals surface area contributed by atoms with Crippen LogP contribution in [-0.2, 0) is 0 Å². The molecule has 0 aliphatic rings. The number of carbonyl (C=O) groups excluding carboxylic acids is 1. The number of ketones is 1. The van der Waals surface area contributed by atoms with Gasteiger partial charge in [0.05, 0.1) is 0 Å². The number of unbranched alkanes of at least 4 members (excludes halogenated alkanes) is 1. The number of carbonyl (C=O) groups is 1. The Morgan fingerprint density at radius 2 is 1.67 bits per heavy atom. The van der Waals surface area contributed by atoms with Crippen LogP contribution in [0.1, 0.15) is 62.4 Å². The van der Waals surface area contributed by atoms with E-state index < -0.39 is 0 Å². The Kier molecular flexibility index (Phi) is 7.11. The summed E-state index contributed by atoms with van der Waals surface area (Å²) in [5.74, 6) is 1.17. The molecule has 2 aromatic rings. The quantitative estimate of drug-likeness (QED) is 0.377. The first-order valence-corrected chi connectivity index (χ1v) is 9.90. The molecule has 1 unspecified atom stereocenters. The summed E-state index contributed by atoms with van der Waals surface area (Å²) in [6.45, 7) is 6.89. The van der Waals surface area contributed by atoms with Gasteiger partial charge in [0.25, 0.3) is 0 Å². The van der Waals surface area contributed by atoms with Crippen molar-refractivity contribution in [2.45, 2.75) is 51.3 Å². The van der Waals surface area contributed by atoms with E-state index in [9.17, 15) is 4.79 Å². The molecule has 1 nitrogen and oxygen atoms in total. The van der Waals surface area contributed by atoms with Gasteiger partial charge in [0.2, 0.25) is 0 Å². The van der Waals surface area contributed by atoms with Crippen molar-refractivity contribution in [1.82, 2.24) is 0 Å². The van der Waals surface area contributed by atoms with Crippen molar-refractivity contribution in [3.8, 4) is 0 Å². The highest BCUT2D eigenvalue weighted by Gasteiger charge is 2.23. The third kappa shape index (κ3) is 4.98. The molecule has 0 aliphatic carbocycles. The maximum atomic E-state index is 12.8. The molecule has 0 spiro atoms. The molecule has 2 aromatic carbocycles. The van der Waals surface area contributed by atoms with Gasteiger partial charge in [-0.1, -0.05) is 76.1 Å². The minimum absolute atomic E-state index is 0.116. The van der Waals surface area contributed by atoms with Crippen LogP contribution in [0.15, 0.2) is 59.5 Å². The molecule has 0 saturated heterocycles. The molecule has 0 fully saturated rings. The molecule has 0 amide bonds. The Balaban J connectivity index is 2.16. The highest BCUT2D eigenvalue weighted by Crippen LogP contribution is 2.36. The van der Waals surface area contributed by atoms with Gasteiger partial charge < -0.3 is 0 Å². The first kappa shape index (κ1) is 18.8. The zero-order chi connectivity index (χ0) is 17.4. The lowest BCUT2D eigenvalue weighted by Gasteiger charge is -2.28. The van der Waals surface area contributed by atoms with Gasteiger partial charge in [-0.2, -0.15) is 0 Å². The SMILES string of the molecule is CCCCC(C)(CC)CSc1ccccc1C(=O)c1ccccc1. The van der Waals surface area contributed by atoms with E-state index in [0.717, 1.165) is 21.8 Å². The Morgan fingerprint density at radius 1 is 1.00 bits per heavy atom. The van der Waals surface area contributed by atoms with Crippen LogP contribution in [0.3, 0.4) is 0 Å². The van der Waals surface area contributed by atoms with Gasteiger partial charge in [-0.15, -0.1) is 11.8 Å². The summed E-state index contributed by atoms with van der Waals surface area (Å²) in [7, 11) is 0. The molecule has 0 aliphatic heterocycles. The van der Waals surface area contributed by atoms with Crippen LogP contribution in [0.4, 0.5) is 0 Å². The van der Waals surface area contributed by atoms with Gasteiger partial charge in [-0.05, 0) is 30.4 Å². The van der Waals surface area contributed by atoms with E-state index >= 15 is 0 Å². The molecule has 0 aromatic heterocycles. The highest BCUT2D eigenvalue weighted by molar-refractivity contribution is 7.99. The van der Waals surface area contributed by atoms with Crippen molar-refractivity contribution < 1.29 is 4.79 Å². The minimum Gasteiger partial charge on any atom is -0.289 e. The van der Waals surface area contributed by atoms with Crippen molar-refractivity contribution in [3.05, 3.63) is 65.7 Å². The maximum absolute atomic E-state index is 12.8. The van der Waals surface area contributed by atoms with Crippen LogP contribution in [0.5, 0.6) is 0 Å². The van der Waals surface area contributed by atoms with Gasteiger partial charge in [0.15, 0.2) is 5.78 Å². The lowest BCUT2D eigenvalue weighted by molar-refractivity contribution is 0.103. The Bertz CT molecular complexity index is 650. The fourth-order valence-electron chi connectivity index (χ4n) is 2.73. The third-order valence-corrected chi connectivity index (χ3v) is 6.24. The zero-order valence-corrected chi connectivity index (χ0v) is 15.9. The maximum Gasteiger partial charge on any atom is 0.194 e. The van der Waals surface area contributed by atoms with Gasteiger partial charge in [0.1, 0.15) is 0 Å². The van der Waals surface area contributed by atoms with Crippen LogP contribution < -0.4 is 0 Å². The molecule has 2 rings (SSSR count). The normalized spacial score (nSPS) is 13.5. The van der Waals surface area contributed by atoms with Crippen molar-refractivity contribution in [2.75, 3.05) is 5.75 Å². The topological polar surface area (TPSA) is 17.1 Å². The van der Waals surface area contributed by atoms with E-state index in [2.05, 4.69) is 26.8 Å². The summed E-state index contributed by atoms with van der Waals surface area (Å²) in [6, 6.07) is 17.6. The average Bonchev–Trinajstić information content (AvgIpc) is 2.65. The molecule has 0 radical (unpaired) electrons. The van der Waals surface area contributed by atoms with E-state index in [4.69, 9.17) is 0 Å². The number of benzene rings is 2. The minimum atomic E-state index is 0.116. The first-order chi connectivity index (χ1) is 11.6. The second kappa shape index (κ2) is 9.08. The van der Waals surface area contributed by atoms with E-state index in [0.29, 0.717) is 5.41 Å². The van der Waals surface area contributed by atoms with Crippen LogP contribution >= 0.6 is 11.8 Å². The largest absolute Gasteiger partial charge is 0.289 e.